The Balaban J connectivity index is 4.21. The first-order chi connectivity index (χ1) is 7.39. The molecule has 0 rings (SSSR count). The molecule has 0 bridgehead atoms. The van der Waals surface area contributed by atoms with Crippen LogP contribution in [0.1, 0.15) is 26.2 Å². The lowest BCUT2D eigenvalue weighted by atomic mass is 10.3. The first-order valence-electron chi connectivity index (χ1n) is 4.79. The zero-order valence-electron chi connectivity index (χ0n) is 9.62. The van der Waals surface area contributed by atoms with Crippen molar-refractivity contribution in [3.05, 3.63) is 0 Å². The SMILES string of the molecule is CCCCCOP(=O)(OC)OP(=O)(O)OC. The van der Waals surface area contributed by atoms with Gasteiger partial charge >= 0.3 is 15.6 Å². The predicted molar refractivity (Wildman–Crippen MR) is 58.0 cm³/mol. The molecule has 0 saturated carbocycles. The minimum absolute atomic E-state index is 0.128. The molecule has 0 spiro atoms. The van der Waals surface area contributed by atoms with E-state index in [1.165, 1.54) is 0 Å². The van der Waals surface area contributed by atoms with Crippen molar-refractivity contribution in [1.29, 1.82) is 0 Å². The van der Waals surface area contributed by atoms with Crippen LogP contribution >= 0.6 is 15.6 Å². The molecule has 0 aromatic heterocycles. The third-order valence-corrected chi connectivity index (χ3v) is 4.69. The highest BCUT2D eigenvalue weighted by Crippen LogP contribution is 2.62. The van der Waals surface area contributed by atoms with Crippen LogP contribution in [0.2, 0.25) is 0 Å². The van der Waals surface area contributed by atoms with E-state index in [2.05, 4.69) is 13.4 Å². The van der Waals surface area contributed by atoms with Crippen molar-refractivity contribution in [3.8, 4) is 0 Å². The Morgan fingerprint density at radius 3 is 2.19 bits per heavy atom. The Hall–Kier alpha value is 0.260. The van der Waals surface area contributed by atoms with Crippen LogP contribution in [0.3, 0.4) is 0 Å². The van der Waals surface area contributed by atoms with Crippen LogP contribution < -0.4 is 0 Å². The molecule has 1 N–H and O–H groups in total. The van der Waals surface area contributed by atoms with Gasteiger partial charge in [0.25, 0.3) is 0 Å². The van der Waals surface area contributed by atoms with Crippen LogP contribution in [-0.2, 0) is 27.0 Å². The van der Waals surface area contributed by atoms with E-state index in [9.17, 15) is 9.13 Å². The van der Waals surface area contributed by atoms with Crippen LogP contribution in [0.25, 0.3) is 0 Å². The molecule has 0 aromatic carbocycles. The Kier molecular flexibility index (Phi) is 7.68. The maximum absolute atomic E-state index is 11.6. The van der Waals surface area contributed by atoms with E-state index < -0.39 is 15.6 Å². The summed E-state index contributed by atoms with van der Waals surface area (Å²) in [6.07, 6.45) is 2.53. The summed E-state index contributed by atoms with van der Waals surface area (Å²) < 4.78 is 40.4. The second kappa shape index (κ2) is 7.56. The molecule has 9 heteroatoms. The minimum atomic E-state index is -4.38. The maximum atomic E-state index is 11.6. The molecule has 0 aromatic rings. The van der Waals surface area contributed by atoms with Gasteiger partial charge in [0.15, 0.2) is 0 Å². The van der Waals surface area contributed by atoms with E-state index in [-0.39, 0.29) is 6.61 Å². The largest absolute Gasteiger partial charge is 0.483 e. The Morgan fingerprint density at radius 1 is 1.12 bits per heavy atom. The molecule has 0 aliphatic rings. The lowest BCUT2D eigenvalue weighted by Crippen LogP contribution is -1.99. The number of rotatable bonds is 9. The van der Waals surface area contributed by atoms with Crippen molar-refractivity contribution >= 4 is 15.6 Å². The summed E-state index contributed by atoms with van der Waals surface area (Å²) in [6, 6.07) is 0. The van der Waals surface area contributed by atoms with Crippen molar-refractivity contribution in [3.63, 3.8) is 0 Å². The summed E-state index contributed by atoms with van der Waals surface area (Å²) in [5, 5.41) is 0. The van der Waals surface area contributed by atoms with E-state index in [1.54, 1.807) is 0 Å². The van der Waals surface area contributed by atoms with Gasteiger partial charge < -0.3 is 4.89 Å². The fourth-order valence-corrected chi connectivity index (χ4v) is 2.99. The molecule has 2 atom stereocenters. The monoisotopic (exact) mass is 276 g/mol. The van der Waals surface area contributed by atoms with Gasteiger partial charge in [0, 0.05) is 14.2 Å². The lowest BCUT2D eigenvalue weighted by molar-refractivity contribution is 0.150. The second-order valence-electron chi connectivity index (χ2n) is 2.90. The summed E-state index contributed by atoms with van der Waals surface area (Å²) >= 11 is 0. The fraction of sp³-hybridized carbons (Fsp3) is 1.00. The molecule has 0 aliphatic carbocycles. The molecule has 0 aliphatic heterocycles. The first kappa shape index (κ1) is 16.3. The molecule has 0 heterocycles. The Labute approximate surface area is 95.3 Å². The zero-order valence-corrected chi connectivity index (χ0v) is 11.4. The van der Waals surface area contributed by atoms with Gasteiger partial charge in [0.1, 0.15) is 0 Å². The lowest BCUT2D eigenvalue weighted by Gasteiger charge is -2.17. The summed E-state index contributed by atoms with van der Waals surface area (Å²) in [5.74, 6) is 0. The molecule has 0 fully saturated rings. The predicted octanol–water partition coefficient (Wildman–Crippen LogP) is 2.71. The van der Waals surface area contributed by atoms with Gasteiger partial charge in [-0.05, 0) is 6.42 Å². The van der Waals surface area contributed by atoms with Crippen LogP contribution in [0.5, 0.6) is 0 Å². The van der Waals surface area contributed by atoms with Gasteiger partial charge in [0.05, 0.1) is 6.61 Å². The maximum Gasteiger partial charge on any atom is 0.483 e. The van der Waals surface area contributed by atoms with Gasteiger partial charge in [-0.3, -0.25) is 13.6 Å². The Bertz CT molecular complexity index is 280. The van der Waals surface area contributed by atoms with Crippen molar-refractivity contribution in [2.24, 2.45) is 0 Å². The molecule has 16 heavy (non-hydrogen) atoms. The fourth-order valence-electron chi connectivity index (χ4n) is 0.798. The normalized spacial score (nSPS) is 19.0. The first-order valence-corrected chi connectivity index (χ1v) is 7.75. The summed E-state index contributed by atoms with van der Waals surface area (Å²) in [5.41, 5.74) is 0. The van der Waals surface area contributed by atoms with E-state index in [0.29, 0.717) is 6.42 Å². The molecule has 2 unspecified atom stereocenters. The van der Waals surface area contributed by atoms with Gasteiger partial charge in [-0.25, -0.2) is 9.13 Å². The van der Waals surface area contributed by atoms with Crippen molar-refractivity contribution in [1.82, 2.24) is 0 Å². The number of hydrogen-bond donors (Lipinski definition) is 1. The summed E-state index contributed by atoms with van der Waals surface area (Å²) in [6.45, 7) is 2.13. The minimum Gasteiger partial charge on any atom is -0.302 e. The molecule has 98 valence electrons. The number of hydrogen-bond acceptors (Lipinski definition) is 6. The van der Waals surface area contributed by atoms with E-state index >= 15 is 0 Å². The van der Waals surface area contributed by atoms with Gasteiger partial charge in [0.2, 0.25) is 0 Å². The topological polar surface area (TPSA) is 91.3 Å². The van der Waals surface area contributed by atoms with Crippen molar-refractivity contribution in [2.45, 2.75) is 26.2 Å². The average molecular weight is 276 g/mol. The van der Waals surface area contributed by atoms with Crippen LogP contribution in [0.4, 0.5) is 0 Å². The molecular formula is C7H18O7P2. The molecule has 0 saturated heterocycles. The highest BCUT2D eigenvalue weighted by molar-refractivity contribution is 7.61. The highest BCUT2D eigenvalue weighted by Gasteiger charge is 2.36. The van der Waals surface area contributed by atoms with Crippen molar-refractivity contribution in [2.75, 3.05) is 20.8 Å². The van der Waals surface area contributed by atoms with Crippen molar-refractivity contribution < 1.29 is 31.9 Å². The second-order valence-corrected chi connectivity index (χ2v) is 6.38. The van der Waals surface area contributed by atoms with Crippen LogP contribution in [0, 0.1) is 0 Å². The van der Waals surface area contributed by atoms with Crippen LogP contribution in [-0.4, -0.2) is 25.7 Å². The molecule has 7 nitrogen and oxygen atoms in total. The quantitative estimate of drug-likeness (QED) is 0.511. The standard InChI is InChI=1S/C7H18O7P2/c1-4-5-6-7-13-16(10,12-3)14-15(8,9)11-2/h4-7H2,1-3H3,(H,8,9). The molecular weight excluding hydrogens is 258 g/mol. The average Bonchev–Trinajstić information content (AvgIpc) is 2.24. The van der Waals surface area contributed by atoms with E-state index in [1.807, 2.05) is 6.92 Å². The van der Waals surface area contributed by atoms with Gasteiger partial charge in [-0.2, -0.15) is 4.31 Å². The third kappa shape index (κ3) is 6.76. The van der Waals surface area contributed by atoms with E-state index in [0.717, 1.165) is 27.1 Å². The summed E-state index contributed by atoms with van der Waals surface area (Å²) in [7, 11) is -6.37. The molecule has 0 radical (unpaired) electrons. The van der Waals surface area contributed by atoms with E-state index in [4.69, 9.17) is 9.42 Å². The Morgan fingerprint density at radius 2 is 1.75 bits per heavy atom. The number of phosphoric ester groups is 2. The van der Waals surface area contributed by atoms with Gasteiger partial charge in [-0.15, -0.1) is 0 Å². The number of phosphoric acid groups is 2. The highest BCUT2D eigenvalue weighted by atomic mass is 31.3. The van der Waals surface area contributed by atoms with Crippen LogP contribution in [0.15, 0.2) is 0 Å². The number of unbranched alkanes of at least 4 members (excludes halogenated alkanes) is 2. The molecule has 0 amide bonds. The summed E-state index contributed by atoms with van der Waals surface area (Å²) in [4.78, 5) is 8.97. The van der Waals surface area contributed by atoms with Gasteiger partial charge in [-0.1, -0.05) is 19.8 Å². The third-order valence-electron chi connectivity index (χ3n) is 1.65. The zero-order chi connectivity index (χ0) is 12.7. The smallest absolute Gasteiger partial charge is 0.302 e.